The van der Waals surface area contributed by atoms with Crippen LogP contribution >= 0.6 is 0 Å². The number of aromatic nitrogens is 3. The van der Waals surface area contributed by atoms with Gasteiger partial charge in [0.1, 0.15) is 11.9 Å². The van der Waals surface area contributed by atoms with Gasteiger partial charge in [-0.25, -0.2) is 0 Å². The van der Waals surface area contributed by atoms with E-state index in [1.807, 2.05) is 31.3 Å². The molecule has 4 rings (SSSR count). The van der Waals surface area contributed by atoms with Gasteiger partial charge in [-0.05, 0) is 36.4 Å². The number of benzene rings is 1. The average molecular weight is 446 g/mol. The van der Waals surface area contributed by atoms with Crippen LogP contribution in [0.2, 0.25) is 0 Å². The van der Waals surface area contributed by atoms with Crippen molar-refractivity contribution in [2.24, 2.45) is 7.05 Å². The molecule has 1 aliphatic rings. The van der Waals surface area contributed by atoms with Gasteiger partial charge in [0.15, 0.2) is 0 Å². The summed E-state index contributed by atoms with van der Waals surface area (Å²) in [5.74, 6) is 0.197. The lowest BCUT2D eigenvalue weighted by atomic mass is 10.1. The van der Waals surface area contributed by atoms with Gasteiger partial charge < -0.3 is 9.47 Å². The second-order valence-electron chi connectivity index (χ2n) is 7.72. The molecule has 0 amide bonds. The average Bonchev–Trinajstić information content (AvgIpc) is 3.15. The minimum absolute atomic E-state index is 0.142. The van der Waals surface area contributed by atoms with Crippen LogP contribution < -0.4 is 4.74 Å². The number of morpholine rings is 1. The Labute approximate surface area is 184 Å². The molecular weight excluding hydrogens is 421 g/mol. The summed E-state index contributed by atoms with van der Waals surface area (Å²) in [5.41, 5.74) is 2.06. The lowest BCUT2D eigenvalue weighted by Gasteiger charge is -2.31. The summed E-state index contributed by atoms with van der Waals surface area (Å²) in [7, 11) is 1.84. The number of halogens is 3. The molecule has 170 valence electrons. The molecule has 0 N–H and O–H groups in total. The number of nitrogens with zero attached hydrogens (tertiary/aromatic N) is 4. The lowest BCUT2D eigenvalue weighted by molar-refractivity contribution is -0.137. The standard InChI is InChI=1S/C23H25F3N4O2/c1-29-19(8-11-31-20-7-4-5-17(13-20)23(24,25)26)14-21(28-29)22-16-30(10-12-32-22)15-18-6-2-3-9-27-18/h2-7,9,13-14,22H,8,10-12,15-16H2,1H3/t22-/m0/s1. The molecule has 1 aromatic carbocycles. The molecule has 3 aromatic rings. The Morgan fingerprint density at radius 3 is 2.81 bits per heavy atom. The van der Waals surface area contributed by atoms with Gasteiger partial charge >= 0.3 is 6.18 Å². The number of rotatable bonds is 7. The predicted molar refractivity (Wildman–Crippen MR) is 112 cm³/mol. The van der Waals surface area contributed by atoms with Crippen molar-refractivity contribution < 1.29 is 22.6 Å². The second-order valence-corrected chi connectivity index (χ2v) is 7.72. The highest BCUT2D eigenvalue weighted by Gasteiger charge is 2.30. The van der Waals surface area contributed by atoms with Crippen molar-refractivity contribution in [2.45, 2.75) is 25.2 Å². The van der Waals surface area contributed by atoms with Gasteiger partial charge in [0.05, 0.1) is 30.2 Å². The summed E-state index contributed by atoms with van der Waals surface area (Å²) in [5, 5.41) is 4.59. The van der Waals surface area contributed by atoms with Gasteiger partial charge in [0, 0.05) is 45.0 Å². The smallest absolute Gasteiger partial charge is 0.416 e. The van der Waals surface area contributed by atoms with Crippen LogP contribution in [-0.4, -0.2) is 46.0 Å². The number of aryl methyl sites for hydroxylation is 1. The van der Waals surface area contributed by atoms with E-state index in [4.69, 9.17) is 9.47 Å². The van der Waals surface area contributed by atoms with Crippen molar-refractivity contribution in [1.29, 1.82) is 0 Å². The molecule has 0 radical (unpaired) electrons. The molecular formula is C23H25F3N4O2. The number of ether oxygens (including phenoxy) is 2. The normalized spacial score (nSPS) is 17.4. The third-order valence-electron chi connectivity index (χ3n) is 5.38. The number of hydrogen-bond acceptors (Lipinski definition) is 5. The Kier molecular flexibility index (Phi) is 6.76. The maximum Gasteiger partial charge on any atom is 0.416 e. The van der Waals surface area contributed by atoms with Gasteiger partial charge in [-0.3, -0.25) is 14.6 Å². The molecule has 0 saturated carbocycles. The lowest BCUT2D eigenvalue weighted by Crippen LogP contribution is -2.38. The maximum absolute atomic E-state index is 12.9. The summed E-state index contributed by atoms with van der Waals surface area (Å²) in [4.78, 5) is 6.68. The molecule has 3 heterocycles. The van der Waals surface area contributed by atoms with Crippen LogP contribution in [-0.2, 0) is 30.9 Å². The van der Waals surface area contributed by atoms with Gasteiger partial charge in [-0.15, -0.1) is 0 Å². The summed E-state index contributed by atoms with van der Waals surface area (Å²) >= 11 is 0. The Bertz CT molecular complexity index is 1020. The number of pyridine rings is 1. The van der Waals surface area contributed by atoms with Crippen molar-refractivity contribution in [3.63, 3.8) is 0 Å². The Morgan fingerprint density at radius 1 is 1.16 bits per heavy atom. The van der Waals surface area contributed by atoms with Crippen LogP contribution in [0, 0.1) is 0 Å². The summed E-state index contributed by atoms with van der Waals surface area (Å²) in [6.45, 7) is 3.16. The third-order valence-corrected chi connectivity index (χ3v) is 5.38. The summed E-state index contributed by atoms with van der Waals surface area (Å²) < 4.78 is 51.8. The molecule has 1 aliphatic heterocycles. The first-order chi connectivity index (χ1) is 15.4. The molecule has 0 aliphatic carbocycles. The quantitative estimate of drug-likeness (QED) is 0.549. The topological polar surface area (TPSA) is 52.4 Å². The zero-order valence-electron chi connectivity index (χ0n) is 17.8. The van der Waals surface area contributed by atoms with E-state index < -0.39 is 11.7 Å². The largest absolute Gasteiger partial charge is 0.493 e. The third kappa shape index (κ3) is 5.66. The highest BCUT2D eigenvalue weighted by Crippen LogP contribution is 2.31. The van der Waals surface area contributed by atoms with Gasteiger partial charge in [0.2, 0.25) is 0 Å². The SMILES string of the molecule is Cn1nc([C@@H]2CN(Cc3ccccn3)CCO2)cc1CCOc1cccc(C(F)(F)F)c1. The fraction of sp³-hybridized carbons (Fsp3) is 0.391. The van der Waals surface area contributed by atoms with Crippen LogP contribution in [0.15, 0.2) is 54.7 Å². The van der Waals surface area contributed by atoms with Crippen LogP contribution in [0.5, 0.6) is 5.75 Å². The van der Waals surface area contributed by atoms with Crippen molar-refractivity contribution in [3.05, 3.63) is 77.4 Å². The molecule has 6 nitrogen and oxygen atoms in total. The van der Waals surface area contributed by atoms with E-state index >= 15 is 0 Å². The van der Waals surface area contributed by atoms with Crippen molar-refractivity contribution in [2.75, 3.05) is 26.3 Å². The van der Waals surface area contributed by atoms with E-state index in [1.54, 1.807) is 10.9 Å². The fourth-order valence-corrected chi connectivity index (χ4v) is 3.70. The first-order valence-electron chi connectivity index (χ1n) is 10.5. The van der Waals surface area contributed by atoms with Gasteiger partial charge in [-0.2, -0.15) is 18.3 Å². The molecule has 9 heteroatoms. The van der Waals surface area contributed by atoms with Crippen molar-refractivity contribution in [1.82, 2.24) is 19.7 Å². The molecule has 1 fully saturated rings. The molecule has 2 aromatic heterocycles. The summed E-state index contributed by atoms with van der Waals surface area (Å²) in [6.07, 6.45) is -2.22. The molecule has 0 spiro atoms. The highest BCUT2D eigenvalue weighted by atomic mass is 19.4. The minimum atomic E-state index is -4.39. The predicted octanol–water partition coefficient (Wildman–Crippen LogP) is 4.03. The van der Waals surface area contributed by atoms with Gasteiger partial charge in [0.25, 0.3) is 0 Å². The monoisotopic (exact) mass is 446 g/mol. The molecule has 1 atom stereocenters. The van der Waals surface area contributed by atoms with E-state index in [2.05, 4.69) is 15.0 Å². The zero-order valence-corrected chi connectivity index (χ0v) is 17.8. The van der Waals surface area contributed by atoms with E-state index in [0.29, 0.717) is 19.6 Å². The van der Waals surface area contributed by atoms with Gasteiger partial charge in [-0.1, -0.05) is 12.1 Å². The van der Waals surface area contributed by atoms with E-state index in [9.17, 15) is 13.2 Å². The zero-order chi connectivity index (χ0) is 22.6. The first-order valence-corrected chi connectivity index (χ1v) is 10.5. The molecule has 32 heavy (non-hydrogen) atoms. The van der Waals surface area contributed by atoms with E-state index in [0.717, 1.165) is 42.3 Å². The molecule has 0 unspecified atom stereocenters. The minimum Gasteiger partial charge on any atom is -0.493 e. The Hall–Kier alpha value is -2.91. The van der Waals surface area contributed by atoms with Crippen LogP contribution in [0.3, 0.4) is 0 Å². The van der Waals surface area contributed by atoms with E-state index in [1.165, 1.54) is 12.1 Å². The first kappa shape index (κ1) is 22.3. The molecule has 1 saturated heterocycles. The van der Waals surface area contributed by atoms with Crippen LogP contribution in [0.1, 0.15) is 28.7 Å². The van der Waals surface area contributed by atoms with Crippen molar-refractivity contribution in [3.8, 4) is 5.75 Å². The van der Waals surface area contributed by atoms with Crippen LogP contribution in [0.4, 0.5) is 13.2 Å². The van der Waals surface area contributed by atoms with E-state index in [-0.39, 0.29) is 18.5 Å². The summed E-state index contributed by atoms with van der Waals surface area (Å²) in [6, 6.07) is 12.8. The maximum atomic E-state index is 12.9. The number of hydrogen-bond donors (Lipinski definition) is 0. The Balaban J connectivity index is 1.33. The second kappa shape index (κ2) is 9.70. The highest BCUT2D eigenvalue weighted by molar-refractivity contribution is 5.30. The van der Waals surface area contributed by atoms with Crippen LogP contribution in [0.25, 0.3) is 0 Å². The number of alkyl halides is 3. The fourth-order valence-electron chi connectivity index (χ4n) is 3.70. The van der Waals surface area contributed by atoms with Crippen molar-refractivity contribution >= 4 is 0 Å². The molecule has 0 bridgehead atoms. The Morgan fingerprint density at radius 2 is 2.03 bits per heavy atom.